The Kier molecular flexibility index (Phi) is 9.00. The molecule has 0 aliphatic rings. The lowest BCUT2D eigenvalue weighted by Gasteiger charge is -1.99. The minimum absolute atomic E-state index is 0.688. The van der Waals surface area contributed by atoms with Crippen molar-refractivity contribution in [3.63, 3.8) is 0 Å². The van der Waals surface area contributed by atoms with Gasteiger partial charge < -0.3 is 4.74 Å². The molecule has 0 aromatic heterocycles. The van der Waals surface area contributed by atoms with Gasteiger partial charge in [0, 0.05) is 0 Å². The zero-order valence-electron chi connectivity index (χ0n) is 6.82. The molecule has 0 aliphatic heterocycles. The lowest BCUT2D eigenvalue weighted by atomic mass is 10.6. The van der Waals surface area contributed by atoms with E-state index in [-0.39, 0.29) is 0 Å². The van der Waals surface area contributed by atoms with E-state index < -0.39 is 0 Å². The van der Waals surface area contributed by atoms with Gasteiger partial charge in [-0.25, -0.2) is 0 Å². The van der Waals surface area contributed by atoms with E-state index in [1.807, 2.05) is 13.8 Å². The molecule has 0 aromatic carbocycles. The summed E-state index contributed by atoms with van der Waals surface area (Å²) >= 11 is 0. The van der Waals surface area contributed by atoms with Gasteiger partial charge in [-0.15, -0.1) is 0 Å². The molecule has 0 aliphatic carbocycles. The second kappa shape index (κ2) is 7.28. The molecule has 1 heteroatoms. The van der Waals surface area contributed by atoms with Crippen LogP contribution in [0.15, 0.2) is 24.7 Å². The molecule has 0 saturated carbocycles. The average Bonchev–Trinajstić information content (AvgIpc) is 1.68. The Morgan fingerprint density at radius 3 is 1.22 bits per heavy atom. The number of rotatable bonds is 2. The first-order valence-electron chi connectivity index (χ1n) is 3.12. The maximum absolute atomic E-state index is 4.86. The van der Waals surface area contributed by atoms with E-state index in [1.54, 1.807) is 13.8 Å². The van der Waals surface area contributed by atoms with Gasteiger partial charge in [0.1, 0.15) is 0 Å². The molecular formula is C8H16O. The highest BCUT2D eigenvalue weighted by Crippen LogP contribution is 1.97. The topological polar surface area (TPSA) is 9.23 Å². The quantitative estimate of drug-likeness (QED) is 0.519. The second-order valence-corrected chi connectivity index (χ2v) is 1.51. The zero-order valence-corrected chi connectivity index (χ0v) is 6.82. The van der Waals surface area contributed by atoms with E-state index >= 15 is 0 Å². The molecule has 0 N–H and O–H groups in total. The highest BCUT2D eigenvalue weighted by atomic mass is 16.5. The molecule has 0 unspecified atom stereocenters. The van der Waals surface area contributed by atoms with Crippen LogP contribution in [0.3, 0.4) is 0 Å². The van der Waals surface area contributed by atoms with E-state index in [1.165, 1.54) is 0 Å². The standard InChI is InChI=1S/C6H10O.C2H6/c1-5(2)7-6(3)4;1-2/h1,3H2,2,4H3;1-2H3. The molecule has 0 radical (unpaired) electrons. The summed E-state index contributed by atoms with van der Waals surface area (Å²) in [5, 5.41) is 0. The Morgan fingerprint density at radius 1 is 1.00 bits per heavy atom. The highest BCUT2D eigenvalue weighted by Gasteiger charge is 1.80. The van der Waals surface area contributed by atoms with Gasteiger partial charge in [-0.05, 0) is 13.8 Å². The number of ether oxygens (including phenoxy) is 1. The smallest absolute Gasteiger partial charge is 0.0933 e. The highest BCUT2D eigenvalue weighted by molar-refractivity contribution is 4.85. The number of hydrogen-bond donors (Lipinski definition) is 0. The average molecular weight is 128 g/mol. The van der Waals surface area contributed by atoms with E-state index in [0.29, 0.717) is 11.5 Å². The summed E-state index contributed by atoms with van der Waals surface area (Å²) in [7, 11) is 0. The van der Waals surface area contributed by atoms with Crippen molar-refractivity contribution in [3.8, 4) is 0 Å². The monoisotopic (exact) mass is 128 g/mol. The molecule has 0 bridgehead atoms. The van der Waals surface area contributed by atoms with Crippen LogP contribution in [-0.2, 0) is 4.74 Å². The largest absolute Gasteiger partial charge is 0.468 e. The molecule has 0 fully saturated rings. The second-order valence-electron chi connectivity index (χ2n) is 1.51. The van der Waals surface area contributed by atoms with Gasteiger partial charge in [0.05, 0.1) is 11.5 Å². The Bertz CT molecular complexity index is 80.7. The zero-order chi connectivity index (χ0) is 7.86. The summed E-state index contributed by atoms with van der Waals surface area (Å²) in [6, 6.07) is 0. The summed E-state index contributed by atoms with van der Waals surface area (Å²) in [5.74, 6) is 1.38. The van der Waals surface area contributed by atoms with Crippen LogP contribution in [0.4, 0.5) is 0 Å². The lowest BCUT2D eigenvalue weighted by Crippen LogP contribution is -1.78. The Balaban J connectivity index is 0. The van der Waals surface area contributed by atoms with Gasteiger partial charge in [0.25, 0.3) is 0 Å². The summed E-state index contributed by atoms with van der Waals surface area (Å²) < 4.78 is 4.86. The lowest BCUT2D eigenvalue weighted by molar-refractivity contribution is 0.313. The molecule has 0 aromatic rings. The van der Waals surface area contributed by atoms with Gasteiger partial charge >= 0.3 is 0 Å². The molecule has 0 rings (SSSR count). The molecule has 0 spiro atoms. The summed E-state index contributed by atoms with van der Waals surface area (Å²) in [5.41, 5.74) is 0. The van der Waals surface area contributed by atoms with Crippen LogP contribution in [0.1, 0.15) is 27.7 Å². The predicted octanol–water partition coefficient (Wildman–Crippen LogP) is 3.10. The third kappa shape index (κ3) is 18.9. The predicted molar refractivity (Wildman–Crippen MR) is 42.1 cm³/mol. The van der Waals surface area contributed by atoms with Crippen LogP contribution in [0.2, 0.25) is 0 Å². The van der Waals surface area contributed by atoms with Crippen LogP contribution >= 0.6 is 0 Å². The van der Waals surface area contributed by atoms with Gasteiger partial charge in [0.2, 0.25) is 0 Å². The van der Waals surface area contributed by atoms with Crippen molar-refractivity contribution in [2.75, 3.05) is 0 Å². The first kappa shape index (κ1) is 11.1. The minimum Gasteiger partial charge on any atom is -0.468 e. The number of allylic oxidation sites excluding steroid dienone is 2. The maximum Gasteiger partial charge on any atom is 0.0933 e. The van der Waals surface area contributed by atoms with Crippen LogP contribution in [-0.4, -0.2) is 0 Å². The van der Waals surface area contributed by atoms with E-state index in [0.717, 1.165) is 0 Å². The molecule has 0 saturated heterocycles. The number of hydrogen-bond acceptors (Lipinski definition) is 1. The normalized spacial score (nSPS) is 6.67. The Labute approximate surface area is 58.0 Å². The summed E-state index contributed by atoms with van der Waals surface area (Å²) in [6.45, 7) is 14.6. The van der Waals surface area contributed by atoms with Crippen molar-refractivity contribution < 1.29 is 4.74 Å². The van der Waals surface area contributed by atoms with Crippen molar-refractivity contribution in [1.29, 1.82) is 0 Å². The minimum atomic E-state index is 0.688. The first-order chi connectivity index (χ1) is 4.13. The fourth-order valence-corrected chi connectivity index (χ4v) is 0.297. The van der Waals surface area contributed by atoms with Gasteiger partial charge in [-0.3, -0.25) is 0 Å². The van der Waals surface area contributed by atoms with E-state index in [2.05, 4.69) is 13.2 Å². The van der Waals surface area contributed by atoms with Crippen LogP contribution in [0.25, 0.3) is 0 Å². The first-order valence-corrected chi connectivity index (χ1v) is 3.12. The molecule has 0 atom stereocenters. The fraction of sp³-hybridized carbons (Fsp3) is 0.500. The molecular weight excluding hydrogens is 112 g/mol. The van der Waals surface area contributed by atoms with Crippen LogP contribution in [0, 0.1) is 0 Å². The van der Waals surface area contributed by atoms with E-state index in [4.69, 9.17) is 4.74 Å². The van der Waals surface area contributed by atoms with E-state index in [9.17, 15) is 0 Å². The van der Waals surface area contributed by atoms with Gasteiger partial charge in [-0.1, -0.05) is 27.0 Å². The molecule has 1 nitrogen and oxygen atoms in total. The Hall–Kier alpha value is -0.720. The van der Waals surface area contributed by atoms with Gasteiger partial charge in [-0.2, -0.15) is 0 Å². The maximum atomic E-state index is 4.86. The van der Waals surface area contributed by atoms with Crippen LogP contribution in [0.5, 0.6) is 0 Å². The third-order valence-corrected chi connectivity index (χ3v) is 0.348. The SMILES string of the molecule is C=C(C)OC(=C)C.CC. The molecule has 0 amide bonds. The molecule has 54 valence electrons. The van der Waals surface area contributed by atoms with Crippen molar-refractivity contribution in [2.24, 2.45) is 0 Å². The van der Waals surface area contributed by atoms with Crippen molar-refractivity contribution in [3.05, 3.63) is 24.7 Å². The summed E-state index contributed by atoms with van der Waals surface area (Å²) in [4.78, 5) is 0. The van der Waals surface area contributed by atoms with Crippen molar-refractivity contribution in [2.45, 2.75) is 27.7 Å². The fourth-order valence-electron chi connectivity index (χ4n) is 0.297. The third-order valence-electron chi connectivity index (χ3n) is 0.348. The Morgan fingerprint density at radius 2 is 1.22 bits per heavy atom. The van der Waals surface area contributed by atoms with Gasteiger partial charge in [0.15, 0.2) is 0 Å². The molecule has 9 heavy (non-hydrogen) atoms. The van der Waals surface area contributed by atoms with Crippen molar-refractivity contribution in [1.82, 2.24) is 0 Å². The summed E-state index contributed by atoms with van der Waals surface area (Å²) in [6.07, 6.45) is 0. The van der Waals surface area contributed by atoms with Crippen molar-refractivity contribution >= 4 is 0 Å². The van der Waals surface area contributed by atoms with Crippen LogP contribution < -0.4 is 0 Å². The molecule has 0 heterocycles.